The standard InChI is InChI=1S/C28H33NO7/c1-6-7-8-11-18-15-19(21-13-10-9-12-20(18)21)16-34-27(33)29-22(14-17(2)3)24(30)23-25(31)35-28(4,5)36-26(23)32/h6-13,15,17,19,22,30H,14,16H2,1-5H3,(H,29,33)/b7-6-,11-8-. The Hall–Kier alpha value is -3.81. The van der Waals surface area contributed by atoms with E-state index in [4.69, 9.17) is 14.2 Å². The molecule has 1 fully saturated rings. The van der Waals surface area contributed by atoms with Crippen molar-refractivity contribution in [1.29, 1.82) is 0 Å². The number of aliphatic hydroxyl groups is 1. The summed E-state index contributed by atoms with van der Waals surface area (Å²) in [4.78, 5) is 37.5. The van der Waals surface area contributed by atoms with Crippen LogP contribution in [0.1, 0.15) is 58.1 Å². The van der Waals surface area contributed by atoms with Crippen LogP contribution in [0.3, 0.4) is 0 Å². The maximum absolute atomic E-state index is 12.7. The lowest BCUT2D eigenvalue weighted by Crippen LogP contribution is -2.45. The van der Waals surface area contributed by atoms with Crippen molar-refractivity contribution in [3.63, 3.8) is 0 Å². The fraction of sp³-hybridized carbons (Fsp3) is 0.393. The molecule has 1 aromatic carbocycles. The van der Waals surface area contributed by atoms with Gasteiger partial charge in [-0.3, -0.25) is 0 Å². The third-order valence-electron chi connectivity index (χ3n) is 5.70. The van der Waals surface area contributed by atoms with Crippen molar-refractivity contribution in [2.45, 2.75) is 58.8 Å². The molecule has 1 aliphatic carbocycles. The highest BCUT2D eigenvalue weighted by Gasteiger charge is 2.42. The molecule has 0 aromatic heterocycles. The predicted molar refractivity (Wildman–Crippen MR) is 135 cm³/mol. The number of rotatable bonds is 8. The molecule has 1 amide bonds. The topological polar surface area (TPSA) is 111 Å². The molecule has 1 saturated heterocycles. The van der Waals surface area contributed by atoms with Crippen LogP contribution in [-0.4, -0.2) is 41.6 Å². The number of cyclic esters (lactones) is 2. The van der Waals surface area contributed by atoms with E-state index in [1.165, 1.54) is 13.8 Å². The van der Waals surface area contributed by atoms with E-state index in [1.54, 1.807) is 0 Å². The molecule has 192 valence electrons. The van der Waals surface area contributed by atoms with Crippen LogP contribution in [0, 0.1) is 5.92 Å². The first kappa shape index (κ1) is 26.8. The van der Waals surface area contributed by atoms with Gasteiger partial charge in [0.25, 0.3) is 5.79 Å². The van der Waals surface area contributed by atoms with Crippen LogP contribution in [-0.2, 0) is 23.8 Å². The number of amides is 1. The van der Waals surface area contributed by atoms with Crippen LogP contribution >= 0.6 is 0 Å². The van der Waals surface area contributed by atoms with Crippen LogP contribution < -0.4 is 5.32 Å². The lowest BCUT2D eigenvalue weighted by Gasteiger charge is -2.31. The highest BCUT2D eigenvalue weighted by molar-refractivity contribution is 6.15. The molecule has 8 nitrogen and oxygen atoms in total. The van der Waals surface area contributed by atoms with Gasteiger partial charge >= 0.3 is 18.0 Å². The first-order chi connectivity index (χ1) is 17.0. The third kappa shape index (κ3) is 6.44. The van der Waals surface area contributed by atoms with E-state index in [9.17, 15) is 19.5 Å². The third-order valence-corrected chi connectivity index (χ3v) is 5.70. The van der Waals surface area contributed by atoms with Crippen molar-refractivity contribution in [2.24, 2.45) is 5.92 Å². The van der Waals surface area contributed by atoms with Crippen molar-refractivity contribution in [3.05, 3.63) is 77.1 Å². The van der Waals surface area contributed by atoms with Crippen molar-refractivity contribution in [3.8, 4) is 0 Å². The number of esters is 2. The van der Waals surface area contributed by atoms with Crippen LogP contribution in [0.4, 0.5) is 4.79 Å². The second-order valence-electron chi connectivity index (χ2n) is 9.56. The zero-order chi connectivity index (χ0) is 26.5. The molecule has 1 aliphatic heterocycles. The first-order valence-electron chi connectivity index (χ1n) is 12.0. The number of ether oxygens (including phenoxy) is 3. The summed E-state index contributed by atoms with van der Waals surface area (Å²) in [5.74, 6) is -4.20. The molecule has 2 aliphatic rings. The number of fused-ring (bicyclic) bond motifs is 1. The van der Waals surface area contributed by atoms with E-state index in [0.29, 0.717) is 0 Å². The summed E-state index contributed by atoms with van der Waals surface area (Å²) < 4.78 is 15.6. The minimum Gasteiger partial charge on any atom is -0.509 e. The van der Waals surface area contributed by atoms with E-state index in [1.807, 2.05) is 75.4 Å². The summed E-state index contributed by atoms with van der Waals surface area (Å²) in [5.41, 5.74) is 2.52. The Balaban J connectivity index is 1.73. The molecule has 0 radical (unpaired) electrons. The highest BCUT2D eigenvalue weighted by Crippen LogP contribution is 2.36. The van der Waals surface area contributed by atoms with Gasteiger partial charge in [-0.15, -0.1) is 0 Å². The summed E-state index contributed by atoms with van der Waals surface area (Å²) in [5, 5.41) is 13.4. The molecule has 0 bridgehead atoms. The average molecular weight is 496 g/mol. The van der Waals surface area contributed by atoms with Gasteiger partial charge in [-0.1, -0.05) is 68.5 Å². The van der Waals surface area contributed by atoms with Gasteiger partial charge in [0.2, 0.25) is 0 Å². The number of carbonyl (C=O) groups excluding carboxylic acids is 3. The predicted octanol–water partition coefficient (Wildman–Crippen LogP) is 5.09. The minimum absolute atomic E-state index is 0.0151. The molecule has 0 spiro atoms. The van der Waals surface area contributed by atoms with E-state index >= 15 is 0 Å². The quantitative estimate of drug-likeness (QED) is 0.170. The zero-order valence-electron chi connectivity index (χ0n) is 21.2. The largest absolute Gasteiger partial charge is 0.509 e. The van der Waals surface area contributed by atoms with Gasteiger partial charge in [0.15, 0.2) is 5.57 Å². The van der Waals surface area contributed by atoms with E-state index in [2.05, 4.69) is 5.32 Å². The normalized spacial score (nSPS) is 19.7. The summed E-state index contributed by atoms with van der Waals surface area (Å²) in [6.45, 7) is 8.60. The van der Waals surface area contributed by atoms with Crippen molar-refractivity contribution in [1.82, 2.24) is 5.32 Å². The average Bonchev–Trinajstić information content (AvgIpc) is 3.13. The molecular weight excluding hydrogens is 462 g/mol. The Labute approximate surface area is 211 Å². The number of allylic oxidation sites excluding steroid dienone is 5. The highest BCUT2D eigenvalue weighted by atomic mass is 16.7. The van der Waals surface area contributed by atoms with Crippen LogP contribution in [0.5, 0.6) is 0 Å². The smallest absolute Gasteiger partial charge is 0.407 e. The SMILES string of the molecule is C/C=C\C=C/C1=CC(COC(=O)NC(CC(C)C)C(O)=C2C(=O)OC(C)(C)OC2=O)c2ccccc21. The van der Waals surface area contributed by atoms with Gasteiger partial charge in [-0.05, 0) is 36.0 Å². The van der Waals surface area contributed by atoms with Crippen LogP contribution in [0.25, 0.3) is 5.57 Å². The maximum Gasteiger partial charge on any atom is 0.407 e. The van der Waals surface area contributed by atoms with Crippen LogP contribution in [0.2, 0.25) is 0 Å². The molecule has 0 saturated carbocycles. The fourth-order valence-electron chi connectivity index (χ4n) is 4.13. The monoisotopic (exact) mass is 495 g/mol. The van der Waals surface area contributed by atoms with Gasteiger partial charge in [0.05, 0.1) is 6.04 Å². The van der Waals surface area contributed by atoms with Crippen molar-refractivity contribution < 1.29 is 33.7 Å². The minimum atomic E-state index is -1.44. The second kappa shape index (κ2) is 11.3. The summed E-state index contributed by atoms with van der Waals surface area (Å²) >= 11 is 0. The Kier molecular flexibility index (Phi) is 8.40. The number of hydrogen-bond donors (Lipinski definition) is 2. The number of aliphatic hydroxyl groups excluding tert-OH is 1. The molecule has 8 heteroatoms. The number of hydrogen-bond acceptors (Lipinski definition) is 7. The Morgan fingerprint density at radius 1 is 1.17 bits per heavy atom. The molecule has 2 N–H and O–H groups in total. The number of carbonyl (C=O) groups is 3. The second-order valence-corrected chi connectivity index (χ2v) is 9.56. The van der Waals surface area contributed by atoms with Crippen LogP contribution in [0.15, 0.2) is 66.0 Å². The molecule has 2 unspecified atom stereocenters. The van der Waals surface area contributed by atoms with Gasteiger partial charge in [-0.25, -0.2) is 14.4 Å². The first-order valence-corrected chi connectivity index (χ1v) is 12.0. The number of benzene rings is 1. The summed E-state index contributed by atoms with van der Waals surface area (Å²) in [7, 11) is 0. The van der Waals surface area contributed by atoms with Crippen molar-refractivity contribution in [2.75, 3.05) is 6.61 Å². The van der Waals surface area contributed by atoms with Gasteiger partial charge in [-0.2, -0.15) is 0 Å². The van der Waals surface area contributed by atoms with E-state index in [0.717, 1.165) is 16.7 Å². The molecule has 1 heterocycles. The Bertz CT molecular complexity index is 1120. The Morgan fingerprint density at radius 3 is 2.47 bits per heavy atom. The summed E-state index contributed by atoms with van der Waals surface area (Å²) in [6.07, 6.45) is 9.34. The van der Waals surface area contributed by atoms with Gasteiger partial charge in [0, 0.05) is 19.8 Å². The number of nitrogens with one attached hydrogen (secondary N) is 1. The van der Waals surface area contributed by atoms with Crippen molar-refractivity contribution >= 4 is 23.6 Å². The van der Waals surface area contributed by atoms with Gasteiger partial charge < -0.3 is 24.6 Å². The molecule has 2 atom stereocenters. The Morgan fingerprint density at radius 2 is 1.83 bits per heavy atom. The zero-order valence-corrected chi connectivity index (χ0v) is 21.2. The van der Waals surface area contributed by atoms with E-state index < -0.39 is 41.2 Å². The molecule has 36 heavy (non-hydrogen) atoms. The fourth-order valence-corrected chi connectivity index (χ4v) is 4.13. The van der Waals surface area contributed by atoms with Gasteiger partial charge in [0.1, 0.15) is 12.4 Å². The molecule has 1 aromatic rings. The lowest BCUT2D eigenvalue weighted by atomic mass is 9.99. The van der Waals surface area contributed by atoms with E-state index in [-0.39, 0.29) is 24.9 Å². The molecule has 3 rings (SSSR count). The lowest BCUT2D eigenvalue weighted by molar-refractivity contribution is -0.222. The maximum atomic E-state index is 12.7. The molecular formula is C28H33NO7. The summed E-state index contributed by atoms with van der Waals surface area (Å²) in [6, 6.07) is 6.87. The number of alkyl carbamates (subject to hydrolysis) is 1.